The van der Waals surface area contributed by atoms with E-state index in [1.54, 1.807) is 26.0 Å². The van der Waals surface area contributed by atoms with Crippen LogP contribution in [0, 0.1) is 0 Å². The number of methoxy groups -OCH3 is 2. The zero-order valence-corrected chi connectivity index (χ0v) is 20.9. The van der Waals surface area contributed by atoms with E-state index >= 15 is 0 Å². The number of hydrogen-bond acceptors (Lipinski definition) is 7. The van der Waals surface area contributed by atoms with E-state index in [1.807, 2.05) is 0 Å². The number of rotatable bonds is 11. The first-order valence-corrected chi connectivity index (χ1v) is 13.4. The van der Waals surface area contributed by atoms with E-state index in [4.69, 9.17) is 9.47 Å². The van der Waals surface area contributed by atoms with Gasteiger partial charge in [0.2, 0.25) is 26.0 Å². The Labute approximate surface area is 195 Å². The first-order valence-electron chi connectivity index (χ1n) is 10.1. The highest BCUT2D eigenvalue weighted by molar-refractivity contribution is 7.92. The molecule has 0 aliphatic rings. The average Bonchev–Trinajstić information content (AvgIpc) is 2.77. The van der Waals surface area contributed by atoms with Gasteiger partial charge in [-0.25, -0.2) is 16.8 Å². The van der Waals surface area contributed by atoms with Gasteiger partial charge in [0.05, 0.1) is 31.1 Å². The monoisotopic (exact) mass is 499 g/mol. The molecule has 2 rings (SSSR count). The quantitative estimate of drug-likeness (QED) is 0.503. The number of benzene rings is 2. The molecule has 2 aromatic carbocycles. The number of amides is 1. The van der Waals surface area contributed by atoms with Crippen LogP contribution in [0.5, 0.6) is 11.5 Å². The van der Waals surface area contributed by atoms with Crippen LogP contribution in [0.1, 0.15) is 13.8 Å². The summed E-state index contributed by atoms with van der Waals surface area (Å²) in [5.74, 6) is 0.0227. The van der Waals surface area contributed by atoms with E-state index < -0.39 is 32.5 Å². The lowest BCUT2D eigenvalue weighted by atomic mass is 10.2. The fourth-order valence-corrected chi connectivity index (χ4v) is 5.44. The molecule has 1 amide bonds. The molecular weight excluding hydrogens is 470 g/mol. The van der Waals surface area contributed by atoms with Crippen LogP contribution in [-0.2, 0) is 24.8 Å². The van der Waals surface area contributed by atoms with Gasteiger partial charge in [-0.15, -0.1) is 0 Å². The van der Waals surface area contributed by atoms with Crippen molar-refractivity contribution in [3.8, 4) is 11.5 Å². The van der Waals surface area contributed by atoms with Crippen LogP contribution in [0.4, 0.5) is 11.4 Å². The van der Waals surface area contributed by atoms with Crippen LogP contribution in [0.2, 0.25) is 0 Å². The van der Waals surface area contributed by atoms with Gasteiger partial charge in [-0.3, -0.25) is 9.10 Å². The molecular formula is C21H29N3O7S2. The number of nitrogens with zero attached hydrogens (tertiary/aromatic N) is 2. The van der Waals surface area contributed by atoms with E-state index in [1.165, 1.54) is 48.9 Å². The Balaban J connectivity index is 2.26. The molecule has 0 saturated carbocycles. The smallest absolute Gasteiger partial charge is 0.245 e. The summed E-state index contributed by atoms with van der Waals surface area (Å²) in [5, 5.41) is 2.59. The van der Waals surface area contributed by atoms with E-state index in [0.717, 1.165) is 10.6 Å². The second kappa shape index (κ2) is 10.9. The predicted octanol–water partition coefficient (Wildman–Crippen LogP) is 2.14. The highest BCUT2D eigenvalue weighted by atomic mass is 32.2. The van der Waals surface area contributed by atoms with Crippen molar-refractivity contribution in [3.63, 3.8) is 0 Å². The Morgan fingerprint density at radius 1 is 0.939 bits per heavy atom. The molecule has 2 aromatic rings. The van der Waals surface area contributed by atoms with Crippen molar-refractivity contribution >= 4 is 37.3 Å². The van der Waals surface area contributed by atoms with Crippen molar-refractivity contribution in [1.29, 1.82) is 0 Å². The lowest BCUT2D eigenvalue weighted by molar-refractivity contribution is -0.114. The Bertz CT molecular complexity index is 1180. The largest absolute Gasteiger partial charge is 0.497 e. The lowest BCUT2D eigenvalue weighted by Crippen LogP contribution is -2.37. The molecule has 0 saturated heterocycles. The molecule has 0 spiro atoms. The minimum absolute atomic E-state index is 0.100. The SMILES string of the molecule is CCN(CC)S(=O)(=O)c1ccc(NC(=O)CN(c2cc(OC)ccc2OC)S(C)(=O)=O)cc1. The summed E-state index contributed by atoms with van der Waals surface area (Å²) < 4.78 is 62.7. The number of carbonyl (C=O) groups excluding carboxylic acids is 1. The fraction of sp³-hybridized carbons (Fsp3) is 0.381. The molecule has 0 fully saturated rings. The number of carbonyl (C=O) groups is 1. The van der Waals surface area contributed by atoms with E-state index in [0.29, 0.717) is 24.5 Å². The third-order valence-corrected chi connectivity index (χ3v) is 8.01. The van der Waals surface area contributed by atoms with Crippen LogP contribution in [0.3, 0.4) is 0 Å². The van der Waals surface area contributed by atoms with Gasteiger partial charge in [0.25, 0.3) is 0 Å². The number of anilines is 2. The predicted molar refractivity (Wildman–Crippen MR) is 127 cm³/mol. The summed E-state index contributed by atoms with van der Waals surface area (Å²) in [5.41, 5.74) is 0.472. The topological polar surface area (TPSA) is 122 Å². The normalized spacial score (nSPS) is 11.8. The minimum Gasteiger partial charge on any atom is -0.497 e. The highest BCUT2D eigenvalue weighted by Gasteiger charge is 2.25. The Morgan fingerprint density at radius 2 is 1.55 bits per heavy atom. The van der Waals surface area contributed by atoms with Crippen molar-refractivity contribution in [1.82, 2.24) is 4.31 Å². The van der Waals surface area contributed by atoms with Crippen molar-refractivity contribution in [3.05, 3.63) is 42.5 Å². The maximum atomic E-state index is 12.7. The number of nitrogens with one attached hydrogen (secondary N) is 1. The second-order valence-electron chi connectivity index (χ2n) is 6.97. The molecule has 1 N–H and O–H groups in total. The van der Waals surface area contributed by atoms with Crippen LogP contribution < -0.4 is 19.1 Å². The fourth-order valence-electron chi connectivity index (χ4n) is 3.13. The molecule has 0 aliphatic heterocycles. The first kappa shape index (κ1) is 26.4. The van der Waals surface area contributed by atoms with Gasteiger partial charge in [0, 0.05) is 24.8 Å². The van der Waals surface area contributed by atoms with Crippen LogP contribution >= 0.6 is 0 Å². The van der Waals surface area contributed by atoms with Gasteiger partial charge in [0.1, 0.15) is 18.0 Å². The summed E-state index contributed by atoms with van der Waals surface area (Å²) in [7, 11) is -4.65. The standard InChI is InChI=1S/C21H29N3O7S2/c1-6-23(7-2)33(28,29)18-11-8-16(9-12-18)22-21(25)15-24(32(5,26)27)19-14-17(30-3)10-13-20(19)31-4/h8-14H,6-7,15H2,1-5H3,(H,22,25). The van der Waals surface area contributed by atoms with E-state index in [-0.39, 0.29) is 16.3 Å². The zero-order chi connectivity index (χ0) is 24.8. The third kappa shape index (κ3) is 6.36. The second-order valence-corrected chi connectivity index (χ2v) is 10.8. The van der Waals surface area contributed by atoms with Crippen LogP contribution in [-0.4, -0.2) is 67.2 Å². The molecule has 0 unspecified atom stereocenters. The number of hydrogen-bond donors (Lipinski definition) is 1. The van der Waals surface area contributed by atoms with E-state index in [9.17, 15) is 21.6 Å². The first-order chi connectivity index (χ1) is 15.5. The Kier molecular flexibility index (Phi) is 8.69. The molecule has 33 heavy (non-hydrogen) atoms. The summed E-state index contributed by atoms with van der Waals surface area (Å²) in [6.07, 6.45) is 0.978. The van der Waals surface area contributed by atoms with Crippen molar-refractivity contribution < 1.29 is 31.1 Å². The molecule has 0 bridgehead atoms. The summed E-state index contributed by atoms with van der Waals surface area (Å²) in [6, 6.07) is 10.3. The van der Waals surface area contributed by atoms with Crippen molar-refractivity contribution in [2.45, 2.75) is 18.7 Å². The molecule has 0 aliphatic carbocycles. The Morgan fingerprint density at radius 3 is 2.03 bits per heavy atom. The van der Waals surface area contributed by atoms with E-state index in [2.05, 4.69) is 5.32 Å². The molecule has 0 aromatic heterocycles. The van der Waals surface area contributed by atoms with Gasteiger partial charge in [0.15, 0.2) is 0 Å². The number of ether oxygens (including phenoxy) is 2. The zero-order valence-electron chi connectivity index (χ0n) is 19.2. The summed E-state index contributed by atoms with van der Waals surface area (Å²) in [6.45, 7) is 3.65. The molecule has 182 valence electrons. The molecule has 0 radical (unpaired) electrons. The maximum Gasteiger partial charge on any atom is 0.245 e. The summed E-state index contributed by atoms with van der Waals surface area (Å²) in [4.78, 5) is 12.8. The van der Waals surface area contributed by atoms with Crippen molar-refractivity contribution in [2.75, 3.05) is 49.7 Å². The molecule has 0 heterocycles. The highest BCUT2D eigenvalue weighted by Crippen LogP contribution is 2.33. The van der Waals surface area contributed by atoms with Crippen LogP contribution in [0.25, 0.3) is 0 Å². The average molecular weight is 500 g/mol. The molecule has 10 nitrogen and oxygen atoms in total. The van der Waals surface area contributed by atoms with Gasteiger partial charge < -0.3 is 14.8 Å². The Hall–Kier alpha value is -2.83. The van der Waals surface area contributed by atoms with Crippen LogP contribution in [0.15, 0.2) is 47.4 Å². The van der Waals surface area contributed by atoms with Gasteiger partial charge >= 0.3 is 0 Å². The van der Waals surface area contributed by atoms with Gasteiger partial charge in [-0.1, -0.05) is 13.8 Å². The molecule has 12 heteroatoms. The maximum absolute atomic E-state index is 12.7. The number of sulfonamides is 2. The van der Waals surface area contributed by atoms with Crippen molar-refractivity contribution in [2.24, 2.45) is 0 Å². The van der Waals surface area contributed by atoms with Gasteiger partial charge in [-0.05, 0) is 36.4 Å². The van der Waals surface area contributed by atoms with Gasteiger partial charge in [-0.2, -0.15) is 4.31 Å². The molecule has 0 atom stereocenters. The minimum atomic E-state index is -3.85. The summed E-state index contributed by atoms with van der Waals surface area (Å²) >= 11 is 0. The lowest BCUT2D eigenvalue weighted by Gasteiger charge is -2.24. The third-order valence-electron chi connectivity index (χ3n) is 4.82.